The molecule has 1 amide bonds. The Kier molecular flexibility index (Phi) is 9.09. The molecule has 6 nitrogen and oxygen atoms in total. The highest BCUT2D eigenvalue weighted by molar-refractivity contribution is 5.92. The zero-order chi connectivity index (χ0) is 24.8. The third-order valence-corrected chi connectivity index (χ3v) is 7.26. The molecule has 2 aromatic rings. The summed E-state index contributed by atoms with van der Waals surface area (Å²) < 4.78 is 11.0. The summed E-state index contributed by atoms with van der Waals surface area (Å²) in [5.41, 5.74) is 5.17. The van der Waals surface area contributed by atoms with Crippen LogP contribution < -0.4 is 10.1 Å². The van der Waals surface area contributed by atoms with Crippen LogP contribution in [0.3, 0.4) is 0 Å². The third-order valence-electron chi connectivity index (χ3n) is 7.26. The van der Waals surface area contributed by atoms with Crippen molar-refractivity contribution in [3.8, 4) is 5.75 Å². The Morgan fingerprint density at radius 1 is 1.15 bits per heavy atom. The fourth-order valence-electron chi connectivity index (χ4n) is 5.38. The van der Waals surface area contributed by atoms with E-state index in [0.717, 1.165) is 30.7 Å². The van der Waals surface area contributed by atoms with E-state index in [1.54, 1.807) is 13.2 Å². The van der Waals surface area contributed by atoms with Crippen molar-refractivity contribution < 1.29 is 14.3 Å². The van der Waals surface area contributed by atoms with Crippen LogP contribution in [0.15, 0.2) is 30.3 Å². The number of amides is 1. The quantitative estimate of drug-likeness (QED) is 0.517. The van der Waals surface area contributed by atoms with Crippen LogP contribution in [-0.4, -0.2) is 54.2 Å². The van der Waals surface area contributed by atoms with Gasteiger partial charge in [-0.3, -0.25) is 9.69 Å². The lowest BCUT2D eigenvalue weighted by Crippen LogP contribution is -2.54. The maximum absolute atomic E-state index is 12.8. The summed E-state index contributed by atoms with van der Waals surface area (Å²) in [6, 6.07) is 11.1. The SMILES string of the molecule is CCC1CC(NC(=O)c2cccc(C)n2)CC(C)N1C(C)c1ccc(OCCOC)c(C)c1C. The lowest BCUT2D eigenvalue weighted by atomic mass is 9.86. The van der Waals surface area contributed by atoms with Crippen molar-refractivity contribution in [2.24, 2.45) is 0 Å². The van der Waals surface area contributed by atoms with Gasteiger partial charge in [-0.15, -0.1) is 0 Å². The maximum atomic E-state index is 12.8. The number of aryl methyl sites for hydroxylation is 1. The van der Waals surface area contributed by atoms with Crippen LogP contribution in [-0.2, 0) is 4.74 Å². The molecule has 1 N–H and O–H groups in total. The molecule has 186 valence electrons. The van der Waals surface area contributed by atoms with E-state index in [2.05, 4.69) is 62.0 Å². The Balaban J connectivity index is 1.73. The van der Waals surface area contributed by atoms with E-state index in [0.29, 0.717) is 31.0 Å². The molecule has 6 heteroatoms. The number of nitrogens with one attached hydrogen (secondary N) is 1. The predicted octanol–water partition coefficient (Wildman–Crippen LogP) is 5.15. The van der Waals surface area contributed by atoms with Gasteiger partial charge in [0.15, 0.2) is 0 Å². The molecule has 3 rings (SSSR count). The predicted molar refractivity (Wildman–Crippen MR) is 137 cm³/mol. The van der Waals surface area contributed by atoms with Gasteiger partial charge in [0.2, 0.25) is 0 Å². The number of pyridine rings is 1. The number of piperidine rings is 1. The summed E-state index contributed by atoms with van der Waals surface area (Å²) in [7, 11) is 1.69. The van der Waals surface area contributed by atoms with E-state index in [4.69, 9.17) is 9.47 Å². The smallest absolute Gasteiger partial charge is 0.270 e. The molecule has 4 atom stereocenters. The van der Waals surface area contributed by atoms with Gasteiger partial charge in [-0.05, 0) is 88.8 Å². The molecule has 1 aliphatic heterocycles. The average molecular weight is 468 g/mol. The van der Waals surface area contributed by atoms with Gasteiger partial charge < -0.3 is 14.8 Å². The van der Waals surface area contributed by atoms with Crippen LogP contribution in [0, 0.1) is 20.8 Å². The van der Waals surface area contributed by atoms with Crippen molar-refractivity contribution in [1.29, 1.82) is 0 Å². The molecule has 0 saturated carbocycles. The Morgan fingerprint density at radius 3 is 2.59 bits per heavy atom. The summed E-state index contributed by atoms with van der Waals surface area (Å²) in [6.07, 6.45) is 2.91. The number of rotatable bonds is 9. The molecule has 1 saturated heterocycles. The fraction of sp³-hybridized carbons (Fsp3) is 0.571. The number of ether oxygens (including phenoxy) is 2. The van der Waals surface area contributed by atoms with E-state index in [9.17, 15) is 4.79 Å². The minimum Gasteiger partial charge on any atom is -0.491 e. The Hall–Kier alpha value is -2.44. The first-order valence-corrected chi connectivity index (χ1v) is 12.5. The van der Waals surface area contributed by atoms with Gasteiger partial charge in [0, 0.05) is 37.0 Å². The number of carbonyl (C=O) groups excluding carboxylic acids is 1. The van der Waals surface area contributed by atoms with Crippen LogP contribution in [0.2, 0.25) is 0 Å². The Labute approximate surface area is 205 Å². The number of likely N-dealkylation sites (tertiary alicyclic amines) is 1. The lowest BCUT2D eigenvalue weighted by Gasteiger charge is -2.47. The Morgan fingerprint density at radius 2 is 1.91 bits per heavy atom. The molecule has 0 spiro atoms. The van der Waals surface area contributed by atoms with Crippen LogP contribution in [0.25, 0.3) is 0 Å². The highest BCUT2D eigenvalue weighted by Gasteiger charge is 2.37. The normalized spacial score (nSPS) is 21.8. The van der Waals surface area contributed by atoms with E-state index < -0.39 is 0 Å². The summed E-state index contributed by atoms with van der Waals surface area (Å²) in [5.74, 6) is 0.851. The molecule has 1 aliphatic rings. The number of aromatic nitrogens is 1. The van der Waals surface area contributed by atoms with Crippen molar-refractivity contribution in [2.75, 3.05) is 20.3 Å². The van der Waals surface area contributed by atoms with Crippen LogP contribution in [0.1, 0.15) is 78.9 Å². The van der Waals surface area contributed by atoms with Crippen LogP contribution in [0.5, 0.6) is 5.75 Å². The van der Waals surface area contributed by atoms with Gasteiger partial charge in [0.1, 0.15) is 18.1 Å². The highest BCUT2D eigenvalue weighted by atomic mass is 16.5. The molecule has 1 aromatic heterocycles. The van der Waals surface area contributed by atoms with E-state index >= 15 is 0 Å². The zero-order valence-corrected chi connectivity index (χ0v) is 21.9. The van der Waals surface area contributed by atoms with Gasteiger partial charge in [0.05, 0.1) is 6.61 Å². The largest absolute Gasteiger partial charge is 0.491 e. The summed E-state index contributed by atoms with van der Waals surface area (Å²) in [4.78, 5) is 19.8. The van der Waals surface area contributed by atoms with Gasteiger partial charge in [0.25, 0.3) is 5.91 Å². The summed E-state index contributed by atoms with van der Waals surface area (Å²) in [5, 5.41) is 3.25. The molecular weight excluding hydrogens is 426 g/mol. The highest BCUT2D eigenvalue weighted by Crippen LogP contribution is 2.37. The van der Waals surface area contributed by atoms with Crippen LogP contribution in [0.4, 0.5) is 0 Å². The fourth-order valence-corrected chi connectivity index (χ4v) is 5.38. The molecule has 1 fully saturated rings. The van der Waals surface area contributed by atoms with Gasteiger partial charge >= 0.3 is 0 Å². The van der Waals surface area contributed by atoms with Gasteiger partial charge in [-0.25, -0.2) is 4.98 Å². The minimum absolute atomic E-state index is 0.0761. The second-order valence-corrected chi connectivity index (χ2v) is 9.58. The number of hydrogen-bond donors (Lipinski definition) is 1. The third kappa shape index (κ3) is 5.97. The van der Waals surface area contributed by atoms with Crippen molar-refractivity contribution in [3.63, 3.8) is 0 Å². The monoisotopic (exact) mass is 467 g/mol. The van der Waals surface area contributed by atoms with E-state index in [1.807, 2.05) is 19.1 Å². The molecule has 4 unspecified atom stereocenters. The first kappa shape index (κ1) is 26.2. The number of nitrogens with zero attached hydrogens (tertiary/aromatic N) is 2. The summed E-state index contributed by atoms with van der Waals surface area (Å²) in [6.45, 7) is 14.2. The van der Waals surface area contributed by atoms with Gasteiger partial charge in [-0.2, -0.15) is 0 Å². The molecule has 0 aliphatic carbocycles. The van der Waals surface area contributed by atoms with E-state index in [1.165, 1.54) is 16.7 Å². The first-order chi connectivity index (χ1) is 16.3. The zero-order valence-electron chi connectivity index (χ0n) is 21.9. The van der Waals surface area contributed by atoms with Crippen molar-refractivity contribution in [1.82, 2.24) is 15.2 Å². The maximum Gasteiger partial charge on any atom is 0.270 e. The number of carbonyl (C=O) groups is 1. The lowest BCUT2D eigenvalue weighted by molar-refractivity contribution is 0.0337. The van der Waals surface area contributed by atoms with Crippen molar-refractivity contribution in [2.45, 2.75) is 85.0 Å². The first-order valence-electron chi connectivity index (χ1n) is 12.5. The Bertz CT molecular complexity index is 977. The molecule has 34 heavy (non-hydrogen) atoms. The van der Waals surface area contributed by atoms with E-state index in [-0.39, 0.29) is 18.0 Å². The second-order valence-electron chi connectivity index (χ2n) is 9.58. The number of hydrogen-bond acceptors (Lipinski definition) is 5. The molecule has 0 bridgehead atoms. The molecule has 1 aromatic carbocycles. The number of benzene rings is 1. The minimum atomic E-state index is -0.0761. The topological polar surface area (TPSA) is 63.7 Å². The van der Waals surface area contributed by atoms with Gasteiger partial charge in [-0.1, -0.05) is 19.1 Å². The van der Waals surface area contributed by atoms with Crippen molar-refractivity contribution >= 4 is 5.91 Å². The van der Waals surface area contributed by atoms with Crippen LogP contribution >= 0.6 is 0 Å². The molecule has 2 heterocycles. The molecular formula is C28H41N3O3. The molecule has 0 radical (unpaired) electrons. The van der Waals surface area contributed by atoms with Crippen molar-refractivity contribution in [3.05, 3.63) is 58.4 Å². The second kappa shape index (κ2) is 11.8. The standard InChI is InChI=1S/C28H41N3O3/c1-8-24-17-23(30-28(32)26-11-9-10-18(2)29-26)16-19(3)31(24)22(6)25-12-13-27(21(5)20(25)4)34-15-14-33-7/h9-13,19,22-24H,8,14-17H2,1-7H3,(H,30,32). The summed E-state index contributed by atoms with van der Waals surface area (Å²) >= 11 is 0. The number of methoxy groups -OCH3 is 1. The average Bonchev–Trinajstić information content (AvgIpc) is 2.81.